The van der Waals surface area contributed by atoms with Crippen LogP contribution in [0.4, 0.5) is 0 Å². The van der Waals surface area contributed by atoms with Crippen molar-refractivity contribution in [2.45, 2.75) is 57.5 Å². The van der Waals surface area contributed by atoms with Crippen LogP contribution in [0, 0.1) is 5.41 Å². The van der Waals surface area contributed by atoms with E-state index in [0.29, 0.717) is 11.5 Å². The molecule has 74 valence electrons. The second-order valence-electron chi connectivity index (χ2n) is 4.85. The van der Waals surface area contributed by atoms with E-state index >= 15 is 0 Å². The van der Waals surface area contributed by atoms with Gasteiger partial charge in [-0.3, -0.25) is 0 Å². The Morgan fingerprint density at radius 1 is 1.38 bits per heavy atom. The van der Waals surface area contributed by atoms with E-state index in [2.05, 4.69) is 18.8 Å². The van der Waals surface area contributed by atoms with Gasteiger partial charge in [-0.1, -0.05) is 18.9 Å². The molecule has 0 aromatic rings. The molecule has 2 unspecified atom stereocenters. The normalized spacial score (nSPS) is 32.8. The van der Waals surface area contributed by atoms with Gasteiger partial charge in [-0.15, -0.1) is 6.58 Å². The van der Waals surface area contributed by atoms with Crippen LogP contribution in [-0.4, -0.2) is 12.1 Å². The fraction of sp³-hybridized carbons (Fsp3) is 0.833. The summed E-state index contributed by atoms with van der Waals surface area (Å²) in [7, 11) is 0. The highest BCUT2D eigenvalue weighted by atomic mass is 15.0. The van der Waals surface area contributed by atoms with E-state index in [1.165, 1.54) is 38.5 Å². The first-order valence-corrected chi connectivity index (χ1v) is 5.65. The molecule has 13 heavy (non-hydrogen) atoms. The largest absolute Gasteiger partial charge is 0.308 e. The van der Waals surface area contributed by atoms with Crippen molar-refractivity contribution in [3.05, 3.63) is 12.7 Å². The van der Waals surface area contributed by atoms with Crippen molar-refractivity contribution in [1.29, 1.82) is 0 Å². The molecular formula is C12H21N. The van der Waals surface area contributed by atoms with Crippen molar-refractivity contribution in [3.63, 3.8) is 0 Å². The quantitative estimate of drug-likeness (QED) is 0.657. The number of rotatable bonds is 3. The molecule has 0 aromatic heterocycles. The Balaban J connectivity index is 1.90. The van der Waals surface area contributed by atoms with Crippen LogP contribution in [0.2, 0.25) is 0 Å². The highest BCUT2D eigenvalue weighted by molar-refractivity contribution is 5.04. The van der Waals surface area contributed by atoms with Crippen LogP contribution in [0.15, 0.2) is 12.7 Å². The summed E-state index contributed by atoms with van der Waals surface area (Å²) in [5.41, 5.74) is 0.706. The van der Waals surface area contributed by atoms with Crippen LogP contribution >= 0.6 is 0 Å². The van der Waals surface area contributed by atoms with Crippen LogP contribution < -0.4 is 5.32 Å². The van der Waals surface area contributed by atoms with Crippen molar-refractivity contribution in [3.8, 4) is 0 Å². The first kappa shape index (κ1) is 9.26. The Hall–Kier alpha value is -0.300. The molecule has 0 saturated heterocycles. The summed E-state index contributed by atoms with van der Waals surface area (Å²) in [6, 6.07) is 1.28. The minimum atomic E-state index is 0.489. The maximum Gasteiger partial charge on any atom is 0.0221 e. The Bertz CT molecular complexity index is 191. The zero-order chi connectivity index (χ0) is 9.31. The van der Waals surface area contributed by atoms with Gasteiger partial charge >= 0.3 is 0 Å². The molecule has 2 rings (SSSR count). The first-order valence-electron chi connectivity index (χ1n) is 5.65. The monoisotopic (exact) mass is 179 g/mol. The summed E-state index contributed by atoms with van der Waals surface area (Å²) < 4.78 is 0. The van der Waals surface area contributed by atoms with Gasteiger partial charge in [0.2, 0.25) is 0 Å². The van der Waals surface area contributed by atoms with E-state index in [4.69, 9.17) is 0 Å². The molecule has 0 radical (unpaired) electrons. The SMILES string of the molecule is C=CC(C)NC1CCC12CCCC2. The molecule has 1 heteroatoms. The standard InChI is InChI=1S/C12H21N/c1-3-10(2)13-11-6-9-12(11)7-4-5-8-12/h3,10-11,13H,1,4-9H2,2H3. The van der Waals surface area contributed by atoms with Crippen LogP contribution in [0.1, 0.15) is 45.4 Å². The topological polar surface area (TPSA) is 12.0 Å². The molecule has 1 nitrogen and oxygen atoms in total. The molecular weight excluding hydrogens is 158 g/mol. The Labute approximate surface area is 81.6 Å². The third-order valence-corrected chi connectivity index (χ3v) is 4.09. The predicted octanol–water partition coefficient (Wildman–Crippen LogP) is 2.87. The Kier molecular flexibility index (Phi) is 2.46. The highest BCUT2D eigenvalue weighted by Crippen LogP contribution is 2.53. The highest BCUT2D eigenvalue weighted by Gasteiger charge is 2.47. The van der Waals surface area contributed by atoms with Crippen molar-refractivity contribution < 1.29 is 0 Å². The maximum absolute atomic E-state index is 3.82. The van der Waals surface area contributed by atoms with Gasteiger partial charge in [-0.25, -0.2) is 0 Å². The van der Waals surface area contributed by atoms with Crippen molar-refractivity contribution in [2.75, 3.05) is 0 Å². The molecule has 2 saturated carbocycles. The van der Waals surface area contributed by atoms with E-state index in [1.54, 1.807) is 0 Å². The summed E-state index contributed by atoms with van der Waals surface area (Å²) in [5, 5.41) is 3.68. The van der Waals surface area contributed by atoms with Gasteiger partial charge in [0.25, 0.3) is 0 Å². The van der Waals surface area contributed by atoms with E-state index in [9.17, 15) is 0 Å². The minimum Gasteiger partial charge on any atom is -0.308 e. The van der Waals surface area contributed by atoms with Crippen LogP contribution in [0.5, 0.6) is 0 Å². The summed E-state index contributed by atoms with van der Waals surface area (Å²) in [6.45, 7) is 6.03. The predicted molar refractivity (Wildman–Crippen MR) is 56.7 cm³/mol. The molecule has 2 fully saturated rings. The van der Waals surface area contributed by atoms with Crippen LogP contribution in [0.3, 0.4) is 0 Å². The second kappa shape index (κ2) is 3.45. The average Bonchev–Trinajstić information content (AvgIpc) is 2.62. The summed E-state index contributed by atoms with van der Waals surface area (Å²) in [6.07, 6.45) is 10.7. The molecule has 1 spiro atoms. The molecule has 1 N–H and O–H groups in total. The first-order chi connectivity index (χ1) is 6.27. The number of hydrogen-bond donors (Lipinski definition) is 1. The molecule has 2 aliphatic rings. The molecule has 2 atom stereocenters. The summed E-state index contributed by atoms with van der Waals surface area (Å²) in [5.74, 6) is 0. The Morgan fingerprint density at radius 3 is 2.54 bits per heavy atom. The average molecular weight is 179 g/mol. The number of nitrogens with one attached hydrogen (secondary N) is 1. The summed E-state index contributed by atoms with van der Waals surface area (Å²) in [4.78, 5) is 0. The lowest BCUT2D eigenvalue weighted by Gasteiger charge is -2.49. The van der Waals surface area contributed by atoms with Gasteiger partial charge in [0, 0.05) is 12.1 Å². The van der Waals surface area contributed by atoms with Crippen LogP contribution in [-0.2, 0) is 0 Å². The fourth-order valence-corrected chi connectivity index (χ4v) is 3.02. The van der Waals surface area contributed by atoms with E-state index < -0.39 is 0 Å². The van der Waals surface area contributed by atoms with Crippen molar-refractivity contribution in [2.24, 2.45) is 5.41 Å². The molecule has 0 heterocycles. The lowest BCUT2D eigenvalue weighted by atomic mass is 9.63. The number of hydrogen-bond acceptors (Lipinski definition) is 1. The van der Waals surface area contributed by atoms with Gasteiger partial charge in [0.1, 0.15) is 0 Å². The summed E-state index contributed by atoms with van der Waals surface area (Å²) >= 11 is 0. The zero-order valence-corrected chi connectivity index (χ0v) is 8.68. The van der Waals surface area contributed by atoms with E-state index in [0.717, 1.165) is 6.04 Å². The molecule has 0 amide bonds. The van der Waals surface area contributed by atoms with Gasteiger partial charge in [-0.05, 0) is 38.0 Å². The zero-order valence-electron chi connectivity index (χ0n) is 8.68. The van der Waals surface area contributed by atoms with Gasteiger partial charge in [-0.2, -0.15) is 0 Å². The lowest BCUT2D eigenvalue weighted by molar-refractivity contribution is 0.0692. The smallest absolute Gasteiger partial charge is 0.0221 e. The third kappa shape index (κ3) is 1.54. The molecule has 2 aliphatic carbocycles. The van der Waals surface area contributed by atoms with E-state index in [1.807, 2.05) is 6.08 Å². The molecule has 0 bridgehead atoms. The fourth-order valence-electron chi connectivity index (χ4n) is 3.02. The van der Waals surface area contributed by atoms with E-state index in [-0.39, 0.29) is 0 Å². The minimum absolute atomic E-state index is 0.489. The third-order valence-electron chi connectivity index (χ3n) is 4.09. The molecule has 0 aromatic carbocycles. The van der Waals surface area contributed by atoms with Gasteiger partial charge < -0.3 is 5.32 Å². The van der Waals surface area contributed by atoms with Crippen molar-refractivity contribution in [1.82, 2.24) is 5.32 Å². The van der Waals surface area contributed by atoms with Gasteiger partial charge in [0.05, 0.1) is 0 Å². The van der Waals surface area contributed by atoms with Gasteiger partial charge in [0.15, 0.2) is 0 Å². The maximum atomic E-state index is 3.82. The van der Waals surface area contributed by atoms with Crippen LogP contribution in [0.25, 0.3) is 0 Å². The van der Waals surface area contributed by atoms with Crippen molar-refractivity contribution >= 4 is 0 Å². The lowest BCUT2D eigenvalue weighted by Crippen LogP contribution is -2.54. The Morgan fingerprint density at radius 2 is 2.08 bits per heavy atom. The molecule has 0 aliphatic heterocycles. The second-order valence-corrected chi connectivity index (χ2v) is 4.85.